The van der Waals surface area contributed by atoms with E-state index in [-0.39, 0.29) is 11.3 Å². The highest BCUT2D eigenvalue weighted by atomic mass is 16.4. The summed E-state index contributed by atoms with van der Waals surface area (Å²) >= 11 is 0. The number of carbonyl (C=O) groups excluding carboxylic acids is 1. The molecule has 7 heteroatoms. The summed E-state index contributed by atoms with van der Waals surface area (Å²) in [7, 11) is 0. The second-order valence-electron chi connectivity index (χ2n) is 5.02. The highest BCUT2D eigenvalue weighted by Gasteiger charge is 2.22. The number of nitrogens with one attached hydrogen (secondary N) is 1. The molecule has 0 fully saturated rings. The van der Waals surface area contributed by atoms with Gasteiger partial charge in [0.1, 0.15) is 5.69 Å². The SMILES string of the molecule is CCCCn1nc(C(=O)NC(C)C(C)C(=O)O)ccc1=O. The Morgan fingerprint density at radius 2 is 2.05 bits per heavy atom. The molecular weight excluding hydrogens is 274 g/mol. The molecule has 21 heavy (non-hydrogen) atoms. The van der Waals surface area contributed by atoms with Crippen LogP contribution in [0.3, 0.4) is 0 Å². The lowest BCUT2D eigenvalue weighted by Gasteiger charge is -2.17. The summed E-state index contributed by atoms with van der Waals surface area (Å²) in [6, 6.07) is 2.11. The molecular formula is C14H21N3O4. The predicted octanol–water partition coefficient (Wildman–Crippen LogP) is 0.882. The Bertz CT molecular complexity index is 568. The third kappa shape index (κ3) is 4.70. The van der Waals surface area contributed by atoms with Gasteiger partial charge in [0, 0.05) is 18.7 Å². The van der Waals surface area contributed by atoms with Crippen molar-refractivity contribution in [2.75, 3.05) is 0 Å². The molecule has 0 saturated heterocycles. The van der Waals surface area contributed by atoms with Crippen LogP contribution in [0.25, 0.3) is 0 Å². The number of aromatic nitrogens is 2. The molecule has 0 aliphatic rings. The molecule has 0 aliphatic carbocycles. The number of aryl methyl sites for hydroxylation is 1. The van der Waals surface area contributed by atoms with Gasteiger partial charge in [-0.05, 0) is 26.3 Å². The third-order valence-corrected chi connectivity index (χ3v) is 3.32. The van der Waals surface area contributed by atoms with E-state index in [1.807, 2.05) is 6.92 Å². The van der Waals surface area contributed by atoms with E-state index in [9.17, 15) is 14.4 Å². The largest absolute Gasteiger partial charge is 0.481 e. The monoisotopic (exact) mass is 295 g/mol. The number of hydrogen-bond acceptors (Lipinski definition) is 4. The molecule has 0 radical (unpaired) electrons. The van der Waals surface area contributed by atoms with E-state index in [4.69, 9.17) is 5.11 Å². The Balaban J connectivity index is 2.83. The fourth-order valence-electron chi connectivity index (χ4n) is 1.66. The summed E-state index contributed by atoms with van der Waals surface area (Å²) in [6.07, 6.45) is 1.71. The summed E-state index contributed by atoms with van der Waals surface area (Å²) in [5.41, 5.74) is -0.151. The zero-order valence-electron chi connectivity index (χ0n) is 12.5. The van der Waals surface area contributed by atoms with Crippen molar-refractivity contribution in [3.8, 4) is 0 Å². The zero-order chi connectivity index (χ0) is 16.0. The number of hydrogen-bond donors (Lipinski definition) is 2. The van der Waals surface area contributed by atoms with Gasteiger partial charge in [-0.1, -0.05) is 13.3 Å². The van der Waals surface area contributed by atoms with Gasteiger partial charge in [0.2, 0.25) is 0 Å². The van der Waals surface area contributed by atoms with Gasteiger partial charge in [0.15, 0.2) is 0 Å². The molecule has 1 amide bonds. The number of amides is 1. The quantitative estimate of drug-likeness (QED) is 0.777. The van der Waals surface area contributed by atoms with Crippen LogP contribution in [-0.4, -0.2) is 32.8 Å². The molecule has 0 bridgehead atoms. The van der Waals surface area contributed by atoms with Crippen molar-refractivity contribution in [2.24, 2.45) is 5.92 Å². The predicted molar refractivity (Wildman–Crippen MR) is 77.1 cm³/mol. The fraction of sp³-hybridized carbons (Fsp3) is 0.571. The van der Waals surface area contributed by atoms with Crippen molar-refractivity contribution < 1.29 is 14.7 Å². The van der Waals surface area contributed by atoms with Crippen molar-refractivity contribution in [3.05, 3.63) is 28.2 Å². The minimum atomic E-state index is -0.983. The molecule has 0 spiro atoms. The third-order valence-electron chi connectivity index (χ3n) is 3.32. The zero-order valence-corrected chi connectivity index (χ0v) is 12.5. The van der Waals surface area contributed by atoms with Crippen LogP contribution in [0.2, 0.25) is 0 Å². The van der Waals surface area contributed by atoms with Crippen LogP contribution in [0.1, 0.15) is 44.1 Å². The second-order valence-corrected chi connectivity index (χ2v) is 5.02. The number of unbranched alkanes of at least 4 members (excludes halogenated alkanes) is 1. The molecule has 1 rings (SSSR count). The van der Waals surface area contributed by atoms with Gasteiger partial charge in [-0.25, -0.2) is 4.68 Å². The van der Waals surface area contributed by atoms with Gasteiger partial charge in [0.05, 0.1) is 5.92 Å². The maximum absolute atomic E-state index is 12.0. The number of aliphatic carboxylic acids is 1. The molecule has 1 heterocycles. The summed E-state index contributed by atoms with van der Waals surface area (Å²) in [6.45, 7) is 5.58. The minimum Gasteiger partial charge on any atom is -0.481 e. The van der Waals surface area contributed by atoms with Crippen LogP contribution in [0.5, 0.6) is 0 Å². The van der Waals surface area contributed by atoms with Crippen LogP contribution in [0.4, 0.5) is 0 Å². The van der Waals surface area contributed by atoms with Crippen molar-refractivity contribution in [3.63, 3.8) is 0 Å². The van der Waals surface area contributed by atoms with Crippen LogP contribution in [-0.2, 0) is 11.3 Å². The van der Waals surface area contributed by atoms with E-state index >= 15 is 0 Å². The number of rotatable bonds is 7. The lowest BCUT2D eigenvalue weighted by Crippen LogP contribution is -2.41. The fourth-order valence-corrected chi connectivity index (χ4v) is 1.66. The van der Waals surface area contributed by atoms with Gasteiger partial charge in [-0.15, -0.1) is 0 Å². The van der Waals surface area contributed by atoms with Gasteiger partial charge in [-0.3, -0.25) is 14.4 Å². The molecule has 1 aromatic rings. The summed E-state index contributed by atoms with van der Waals surface area (Å²) in [4.78, 5) is 34.5. The Hall–Kier alpha value is -2.18. The summed E-state index contributed by atoms with van der Waals surface area (Å²) < 4.78 is 1.25. The van der Waals surface area contributed by atoms with Crippen molar-refractivity contribution in [1.29, 1.82) is 0 Å². The van der Waals surface area contributed by atoms with Gasteiger partial charge in [0.25, 0.3) is 11.5 Å². The van der Waals surface area contributed by atoms with E-state index in [0.29, 0.717) is 6.54 Å². The van der Waals surface area contributed by atoms with E-state index in [2.05, 4.69) is 10.4 Å². The van der Waals surface area contributed by atoms with Gasteiger partial charge in [-0.2, -0.15) is 5.10 Å². The highest BCUT2D eigenvalue weighted by molar-refractivity contribution is 5.92. The second kappa shape index (κ2) is 7.56. The molecule has 2 unspecified atom stereocenters. The molecule has 0 saturated carbocycles. The molecule has 7 nitrogen and oxygen atoms in total. The Morgan fingerprint density at radius 1 is 1.38 bits per heavy atom. The average Bonchev–Trinajstić information content (AvgIpc) is 2.45. The minimum absolute atomic E-state index is 0.107. The summed E-state index contributed by atoms with van der Waals surface area (Å²) in [5.74, 6) is -2.18. The van der Waals surface area contributed by atoms with Crippen LogP contribution < -0.4 is 10.9 Å². The molecule has 2 atom stereocenters. The number of carboxylic acid groups (broad SMARTS) is 1. The average molecular weight is 295 g/mol. The van der Waals surface area contributed by atoms with E-state index in [1.54, 1.807) is 6.92 Å². The Morgan fingerprint density at radius 3 is 2.62 bits per heavy atom. The first kappa shape index (κ1) is 16.9. The molecule has 2 N–H and O–H groups in total. The first-order valence-corrected chi connectivity index (χ1v) is 6.98. The topological polar surface area (TPSA) is 101 Å². The Labute approximate surface area is 123 Å². The van der Waals surface area contributed by atoms with E-state index in [0.717, 1.165) is 12.8 Å². The normalized spacial score (nSPS) is 13.5. The van der Waals surface area contributed by atoms with Gasteiger partial charge >= 0.3 is 5.97 Å². The molecule has 116 valence electrons. The van der Waals surface area contributed by atoms with Crippen LogP contribution >= 0.6 is 0 Å². The van der Waals surface area contributed by atoms with Crippen molar-refractivity contribution in [1.82, 2.24) is 15.1 Å². The van der Waals surface area contributed by atoms with Crippen molar-refractivity contribution in [2.45, 2.75) is 46.2 Å². The lowest BCUT2D eigenvalue weighted by atomic mass is 10.0. The number of carboxylic acids is 1. The van der Waals surface area contributed by atoms with Gasteiger partial charge < -0.3 is 10.4 Å². The first-order chi connectivity index (χ1) is 9.86. The lowest BCUT2D eigenvalue weighted by molar-refractivity contribution is -0.141. The van der Waals surface area contributed by atoms with E-state index < -0.39 is 23.8 Å². The standard InChI is InChI=1S/C14H21N3O4/c1-4-5-8-17-12(18)7-6-11(16-17)13(19)15-10(3)9(2)14(20)21/h6-7,9-10H,4-5,8H2,1-3H3,(H,15,19)(H,20,21). The number of nitrogens with zero attached hydrogens (tertiary/aromatic N) is 2. The maximum Gasteiger partial charge on any atom is 0.308 e. The highest BCUT2D eigenvalue weighted by Crippen LogP contribution is 2.03. The molecule has 0 aliphatic heterocycles. The smallest absolute Gasteiger partial charge is 0.308 e. The molecule has 1 aromatic heterocycles. The van der Waals surface area contributed by atoms with Crippen LogP contribution in [0.15, 0.2) is 16.9 Å². The Kier molecular flexibility index (Phi) is 6.08. The van der Waals surface area contributed by atoms with E-state index in [1.165, 1.54) is 23.7 Å². The maximum atomic E-state index is 12.0. The first-order valence-electron chi connectivity index (χ1n) is 6.98. The van der Waals surface area contributed by atoms with Crippen LogP contribution in [0, 0.1) is 5.92 Å². The van der Waals surface area contributed by atoms with Crippen molar-refractivity contribution >= 4 is 11.9 Å². The summed E-state index contributed by atoms with van der Waals surface area (Å²) in [5, 5.41) is 15.5. The molecule has 0 aromatic carbocycles. The number of carbonyl (C=O) groups is 2.